The van der Waals surface area contributed by atoms with Gasteiger partial charge in [0.25, 0.3) is 0 Å². The summed E-state index contributed by atoms with van der Waals surface area (Å²) >= 11 is 0. The summed E-state index contributed by atoms with van der Waals surface area (Å²) < 4.78 is 0. The molecule has 100 valence electrons. The highest BCUT2D eigenvalue weighted by atomic mass is 16.2. The highest BCUT2D eigenvalue weighted by Gasteiger charge is 2.15. The van der Waals surface area contributed by atoms with Crippen LogP contribution in [0.3, 0.4) is 0 Å². The van der Waals surface area contributed by atoms with Gasteiger partial charge in [0.2, 0.25) is 0 Å². The first kappa shape index (κ1) is 13.6. The Hall–Kier alpha value is -2.80. The number of carbonyl (C=O) groups is 1. The third kappa shape index (κ3) is 2.96. The number of nitrogens with zero attached hydrogens (tertiary/aromatic N) is 2. The molecule has 0 saturated carbocycles. The van der Waals surface area contributed by atoms with Gasteiger partial charge in [-0.15, -0.1) is 0 Å². The van der Waals surface area contributed by atoms with Crippen LogP contribution in [0.15, 0.2) is 48.5 Å². The molecule has 0 aliphatic carbocycles. The van der Waals surface area contributed by atoms with Crippen molar-refractivity contribution < 1.29 is 4.79 Å². The predicted molar refractivity (Wildman–Crippen MR) is 79.5 cm³/mol. The standard InChI is InChI=1S/C16H15N3O/c1-12-8-9-14(10-13(12)2)18-16(20)19(11-17)15-6-4-3-5-7-15/h3-10H,1-2H3,(H,18,20). The van der Waals surface area contributed by atoms with Crippen LogP contribution in [0, 0.1) is 25.3 Å². The van der Waals surface area contributed by atoms with E-state index in [2.05, 4.69) is 5.32 Å². The maximum atomic E-state index is 12.1. The second kappa shape index (κ2) is 5.89. The lowest BCUT2D eigenvalue weighted by Crippen LogP contribution is -2.30. The zero-order valence-electron chi connectivity index (χ0n) is 11.4. The SMILES string of the molecule is Cc1ccc(NC(=O)N(C#N)c2ccccc2)cc1C. The molecule has 2 aromatic rings. The van der Waals surface area contributed by atoms with Crippen LogP contribution in [0.5, 0.6) is 0 Å². The molecule has 0 spiro atoms. The fourth-order valence-electron chi connectivity index (χ4n) is 1.80. The van der Waals surface area contributed by atoms with E-state index in [-0.39, 0.29) is 0 Å². The summed E-state index contributed by atoms with van der Waals surface area (Å²) in [5.74, 6) is 0. The summed E-state index contributed by atoms with van der Waals surface area (Å²) in [7, 11) is 0. The summed E-state index contributed by atoms with van der Waals surface area (Å²) in [5, 5.41) is 11.9. The van der Waals surface area contributed by atoms with Crippen molar-refractivity contribution in [1.29, 1.82) is 5.26 Å². The zero-order valence-corrected chi connectivity index (χ0v) is 11.4. The lowest BCUT2D eigenvalue weighted by Gasteiger charge is -2.15. The molecular weight excluding hydrogens is 250 g/mol. The lowest BCUT2D eigenvalue weighted by molar-refractivity contribution is 0.259. The van der Waals surface area contributed by atoms with E-state index in [0.29, 0.717) is 11.4 Å². The highest BCUT2D eigenvalue weighted by molar-refractivity contribution is 6.03. The van der Waals surface area contributed by atoms with E-state index in [1.165, 1.54) is 0 Å². The first-order chi connectivity index (χ1) is 9.61. The second-order valence-electron chi connectivity index (χ2n) is 4.50. The number of hydrogen-bond donors (Lipinski definition) is 1. The summed E-state index contributed by atoms with van der Waals surface area (Å²) in [6.07, 6.45) is 1.89. The van der Waals surface area contributed by atoms with E-state index >= 15 is 0 Å². The molecule has 0 bridgehead atoms. The number of amides is 2. The summed E-state index contributed by atoms with van der Waals surface area (Å²) in [4.78, 5) is 13.2. The minimum Gasteiger partial charge on any atom is -0.307 e. The zero-order chi connectivity index (χ0) is 14.5. The Bertz CT molecular complexity index is 659. The molecule has 2 rings (SSSR count). The van der Waals surface area contributed by atoms with Crippen molar-refractivity contribution in [2.45, 2.75) is 13.8 Å². The molecule has 0 aromatic heterocycles. The summed E-state index contributed by atoms with van der Waals surface area (Å²) in [5.41, 5.74) is 3.46. The van der Waals surface area contributed by atoms with Crippen molar-refractivity contribution >= 4 is 17.4 Å². The number of rotatable bonds is 2. The van der Waals surface area contributed by atoms with Gasteiger partial charge in [0.1, 0.15) is 0 Å². The Labute approximate surface area is 118 Å². The van der Waals surface area contributed by atoms with Gasteiger partial charge in [-0.05, 0) is 49.2 Å². The van der Waals surface area contributed by atoms with E-state index < -0.39 is 6.03 Å². The monoisotopic (exact) mass is 265 g/mol. The van der Waals surface area contributed by atoms with Gasteiger partial charge in [0.05, 0.1) is 5.69 Å². The van der Waals surface area contributed by atoms with Crippen molar-refractivity contribution in [3.8, 4) is 6.19 Å². The average molecular weight is 265 g/mol. The maximum absolute atomic E-state index is 12.1. The van der Waals surface area contributed by atoms with E-state index in [9.17, 15) is 4.79 Å². The van der Waals surface area contributed by atoms with Crippen molar-refractivity contribution in [3.05, 3.63) is 59.7 Å². The van der Waals surface area contributed by atoms with Crippen molar-refractivity contribution in [2.24, 2.45) is 0 Å². The van der Waals surface area contributed by atoms with Gasteiger partial charge in [-0.1, -0.05) is 24.3 Å². The molecule has 0 aliphatic heterocycles. The fraction of sp³-hybridized carbons (Fsp3) is 0.125. The number of anilines is 2. The molecular formula is C16H15N3O. The average Bonchev–Trinajstić information content (AvgIpc) is 2.45. The quantitative estimate of drug-likeness (QED) is 0.662. The smallest absolute Gasteiger partial charge is 0.307 e. The molecule has 0 heterocycles. The number of carbonyl (C=O) groups excluding carboxylic acids is 1. The van der Waals surface area contributed by atoms with Gasteiger partial charge in [0.15, 0.2) is 6.19 Å². The number of aryl methyl sites for hydroxylation is 2. The Balaban J connectivity index is 2.18. The molecule has 2 aromatic carbocycles. The number of para-hydroxylation sites is 1. The first-order valence-corrected chi connectivity index (χ1v) is 6.25. The van der Waals surface area contributed by atoms with Crippen LogP contribution >= 0.6 is 0 Å². The molecule has 0 aliphatic rings. The van der Waals surface area contributed by atoms with Gasteiger partial charge in [0, 0.05) is 5.69 Å². The largest absolute Gasteiger partial charge is 0.339 e. The van der Waals surface area contributed by atoms with E-state index in [4.69, 9.17) is 5.26 Å². The third-order valence-corrected chi connectivity index (χ3v) is 3.08. The Morgan fingerprint density at radius 3 is 2.40 bits per heavy atom. The van der Waals surface area contributed by atoms with Gasteiger partial charge in [-0.2, -0.15) is 10.2 Å². The van der Waals surface area contributed by atoms with Crippen molar-refractivity contribution in [2.75, 3.05) is 10.2 Å². The van der Waals surface area contributed by atoms with Gasteiger partial charge < -0.3 is 5.32 Å². The van der Waals surface area contributed by atoms with E-state index in [1.807, 2.05) is 44.3 Å². The molecule has 0 saturated heterocycles. The predicted octanol–water partition coefficient (Wildman–Crippen LogP) is 3.82. The molecule has 4 nitrogen and oxygen atoms in total. The number of urea groups is 1. The lowest BCUT2D eigenvalue weighted by atomic mass is 10.1. The first-order valence-electron chi connectivity index (χ1n) is 6.25. The molecule has 2 amide bonds. The number of benzene rings is 2. The van der Waals surface area contributed by atoms with Crippen LogP contribution in [0.2, 0.25) is 0 Å². The van der Waals surface area contributed by atoms with Crippen LogP contribution in [-0.4, -0.2) is 6.03 Å². The van der Waals surface area contributed by atoms with Crippen LogP contribution in [0.1, 0.15) is 11.1 Å². The molecule has 1 N–H and O–H groups in total. The highest BCUT2D eigenvalue weighted by Crippen LogP contribution is 2.17. The molecule has 0 unspecified atom stereocenters. The van der Waals surface area contributed by atoms with E-state index in [0.717, 1.165) is 16.0 Å². The Kier molecular flexibility index (Phi) is 4.02. The molecule has 0 fully saturated rings. The molecule has 0 atom stereocenters. The van der Waals surface area contributed by atoms with E-state index in [1.54, 1.807) is 24.3 Å². The summed E-state index contributed by atoms with van der Waals surface area (Å²) in [6.45, 7) is 3.98. The normalized spacial score (nSPS) is 9.65. The van der Waals surface area contributed by atoms with Gasteiger partial charge in [-0.3, -0.25) is 0 Å². The minimum absolute atomic E-state index is 0.470. The second-order valence-corrected chi connectivity index (χ2v) is 4.50. The Morgan fingerprint density at radius 1 is 1.10 bits per heavy atom. The number of nitriles is 1. The Morgan fingerprint density at radius 2 is 1.80 bits per heavy atom. The molecule has 4 heteroatoms. The van der Waals surface area contributed by atoms with Crippen LogP contribution in [-0.2, 0) is 0 Å². The maximum Gasteiger partial charge on any atom is 0.339 e. The number of hydrogen-bond acceptors (Lipinski definition) is 2. The number of nitrogens with one attached hydrogen (secondary N) is 1. The van der Waals surface area contributed by atoms with Crippen molar-refractivity contribution in [3.63, 3.8) is 0 Å². The molecule has 0 radical (unpaired) electrons. The topological polar surface area (TPSA) is 56.1 Å². The van der Waals surface area contributed by atoms with Crippen LogP contribution in [0.4, 0.5) is 16.2 Å². The van der Waals surface area contributed by atoms with Crippen molar-refractivity contribution in [1.82, 2.24) is 0 Å². The molecule has 20 heavy (non-hydrogen) atoms. The van der Waals surface area contributed by atoms with Crippen LogP contribution < -0.4 is 10.2 Å². The van der Waals surface area contributed by atoms with Crippen LogP contribution in [0.25, 0.3) is 0 Å². The summed E-state index contributed by atoms with van der Waals surface area (Å²) in [6, 6.07) is 14.0. The van der Waals surface area contributed by atoms with Gasteiger partial charge in [-0.25, -0.2) is 4.79 Å². The minimum atomic E-state index is -0.470. The fourth-order valence-corrected chi connectivity index (χ4v) is 1.80. The third-order valence-electron chi connectivity index (χ3n) is 3.08. The van der Waals surface area contributed by atoms with Gasteiger partial charge >= 0.3 is 6.03 Å².